The number of hydrogen-bond acceptors (Lipinski definition) is 5. The number of aromatic nitrogens is 4. The number of aromatic amines is 1. The van der Waals surface area contributed by atoms with Gasteiger partial charge in [-0.05, 0) is 17.7 Å². The molecule has 0 fully saturated rings. The van der Waals surface area contributed by atoms with Crippen molar-refractivity contribution in [3.63, 3.8) is 0 Å². The smallest absolute Gasteiger partial charge is 0.348 e. The maximum absolute atomic E-state index is 11.2. The van der Waals surface area contributed by atoms with Gasteiger partial charge in [-0.25, -0.2) is 14.8 Å². The van der Waals surface area contributed by atoms with Crippen LogP contribution in [0, 0.1) is 0 Å². The SMILES string of the molecule is O=c1ncnc(-c2ccnc(NCc3ccccc3)c2)[nH]1. The van der Waals surface area contributed by atoms with E-state index in [1.165, 1.54) is 11.9 Å². The van der Waals surface area contributed by atoms with Gasteiger partial charge in [0.2, 0.25) is 0 Å². The van der Waals surface area contributed by atoms with Gasteiger partial charge in [0.1, 0.15) is 18.0 Å². The minimum Gasteiger partial charge on any atom is -0.366 e. The molecule has 3 rings (SSSR count). The molecule has 0 amide bonds. The standard InChI is InChI=1S/C15H13N5O/c21-15-19-10-18-14(20-15)12-6-7-16-13(8-12)17-9-11-4-2-1-3-5-11/h1-8,10H,9H2,(H,16,17)(H,18,19,20,21). The van der Waals surface area contributed by atoms with Gasteiger partial charge in [0.15, 0.2) is 0 Å². The molecule has 0 radical (unpaired) electrons. The zero-order valence-corrected chi connectivity index (χ0v) is 11.2. The van der Waals surface area contributed by atoms with Crippen LogP contribution in [-0.2, 0) is 6.54 Å². The lowest BCUT2D eigenvalue weighted by atomic mass is 10.2. The fourth-order valence-electron chi connectivity index (χ4n) is 1.91. The highest BCUT2D eigenvalue weighted by Gasteiger charge is 2.03. The van der Waals surface area contributed by atoms with Gasteiger partial charge in [0.05, 0.1) is 0 Å². The summed E-state index contributed by atoms with van der Waals surface area (Å²) in [4.78, 5) is 25.6. The van der Waals surface area contributed by atoms with Gasteiger partial charge in [0.25, 0.3) is 0 Å². The first-order chi connectivity index (χ1) is 10.3. The second-order valence-electron chi connectivity index (χ2n) is 4.42. The molecule has 0 bridgehead atoms. The predicted molar refractivity (Wildman–Crippen MR) is 79.7 cm³/mol. The highest BCUT2D eigenvalue weighted by molar-refractivity contribution is 5.58. The molecule has 2 heterocycles. The molecule has 0 aliphatic carbocycles. The molecule has 0 unspecified atom stereocenters. The monoisotopic (exact) mass is 279 g/mol. The molecule has 0 saturated carbocycles. The number of hydrogen-bond donors (Lipinski definition) is 2. The maximum atomic E-state index is 11.2. The van der Waals surface area contributed by atoms with E-state index in [0.29, 0.717) is 12.4 Å². The van der Waals surface area contributed by atoms with Gasteiger partial charge < -0.3 is 5.32 Å². The van der Waals surface area contributed by atoms with Gasteiger partial charge in [0, 0.05) is 18.3 Å². The topological polar surface area (TPSA) is 83.6 Å². The maximum Gasteiger partial charge on any atom is 0.348 e. The quantitative estimate of drug-likeness (QED) is 0.761. The van der Waals surface area contributed by atoms with E-state index in [1.807, 2.05) is 36.4 Å². The van der Waals surface area contributed by atoms with Crippen molar-refractivity contribution in [3.8, 4) is 11.4 Å². The summed E-state index contributed by atoms with van der Waals surface area (Å²) in [6.07, 6.45) is 2.91. The van der Waals surface area contributed by atoms with Crippen molar-refractivity contribution in [1.29, 1.82) is 0 Å². The average molecular weight is 279 g/mol. The van der Waals surface area contributed by atoms with E-state index in [1.54, 1.807) is 12.3 Å². The molecular formula is C15H13N5O. The van der Waals surface area contributed by atoms with Crippen LogP contribution in [-0.4, -0.2) is 19.9 Å². The molecule has 21 heavy (non-hydrogen) atoms. The van der Waals surface area contributed by atoms with Crippen LogP contribution >= 0.6 is 0 Å². The lowest BCUT2D eigenvalue weighted by molar-refractivity contribution is 0.993. The first-order valence-corrected chi connectivity index (χ1v) is 6.47. The Kier molecular flexibility index (Phi) is 3.68. The Hall–Kier alpha value is -3.02. The van der Waals surface area contributed by atoms with Gasteiger partial charge in [-0.15, -0.1) is 0 Å². The molecule has 3 aromatic rings. The summed E-state index contributed by atoms with van der Waals surface area (Å²) in [6, 6.07) is 13.7. The minimum absolute atomic E-state index is 0.421. The summed E-state index contributed by atoms with van der Waals surface area (Å²) in [5, 5.41) is 3.24. The van der Waals surface area contributed by atoms with Crippen LogP contribution in [0.25, 0.3) is 11.4 Å². The molecular weight excluding hydrogens is 266 g/mol. The fraction of sp³-hybridized carbons (Fsp3) is 0.0667. The summed E-state index contributed by atoms with van der Waals surface area (Å²) < 4.78 is 0. The van der Waals surface area contributed by atoms with Crippen molar-refractivity contribution in [2.24, 2.45) is 0 Å². The third-order valence-corrected chi connectivity index (χ3v) is 2.94. The van der Waals surface area contributed by atoms with E-state index < -0.39 is 5.69 Å². The van der Waals surface area contributed by atoms with Crippen molar-refractivity contribution in [2.45, 2.75) is 6.54 Å². The largest absolute Gasteiger partial charge is 0.366 e. The molecule has 2 N–H and O–H groups in total. The lowest BCUT2D eigenvalue weighted by Crippen LogP contribution is -2.11. The summed E-state index contributed by atoms with van der Waals surface area (Å²) in [6.45, 7) is 0.678. The molecule has 1 aromatic carbocycles. The molecule has 0 spiro atoms. The highest BCUT2D eigenvalue weighted by atomic mass is 16.1. The van der Waals surface area contributed by atoms with Gasteiger partial charge in [-0.3, -0.25) is 4.98 Å². The van der Waals surface area contributed by atoms with Gasteiger partial charge in [-0.2, -0.15) is 4.98 Å². The van der Waals surface area contributed by atoms with Crippen molar-refractivity contribution < 1.29 is 0 Å². The first-order valence-electron chi connectivity index (χ1n) is 6.47. The summed E-state index contributed by atoms with van der Waals surface area (Å²) in [5.74, 6) is 1.19. The normalized spacial score (nSPS) is 10.3. The van der Waals surface area contributed by atoms with Crippen LogP contribution in [0.2, 0.25) is 0 Å². The number of H-pyrrole nitrogens is 1. The Morgan fingerprint density at radius 3 is 2.71 bits per heavy atom. The first kappa shape index (κ1) is 13.0. The van der Waals surface area contributed by atoms with Crippen molar-refractivity contribution in [3.05, 3.63) is 71.0 Å². The van der Waals surface area contributed by atoms with Crippen LogP contribution in [0.15, 0.2) is 59.8 Å². The van der Waals surface area contributed by atoms with Gasteiger partial charge >= 0.3 is 5.69 Å². The number of rotatable bonds is 4. The van der Waals surface area contributed by atoms with Crippen LogP contribution in [0.4, 0.5) is 5.82 Å². The molecule has 0 saturated heterocycles. The van der Waals surface area contributed by atoms with E-state index in [4.69, 9.17) is 0 Å². The highest BCUT2D eigenvalue weighted by Crippen LogP contribution is 2.16. The van der Waals surface area contributed by atoms with Crippen LogP contribution < -0.4 is 11.0 Å². The lowest BCUT2D eigenvalue weighted by Gasteiger charge is -2.07. The van der Waals surface area contributed by atoms with Crippen LogP contribution in [0.1, 0.15) is 5.56 Å². The summed E-state index contributed by atoms with van der Waals surface area (Å²) >= 11 is 0. The van der Waals surface area contributed by atoms with Crippen LogP contribution in [0.3, 0.4) is 0 Å². The van der Waals surface area contributed by atoms with Crippen LogP contribution in [0.5, 0.6) is 0 Å². The van der Waals surface area contributed by atoms with E-state index in [0.717, 1.165) is 11.4 Å². The number of anilines is 1. The fourth-order valence-corrected chi connectivity index (χ4v) is 1.91. The summed E-state index contributed by atoms with van der Waals surface area (Å²) in [5.41, 5.74) is 1.52. The summed E-state index contributed by atoms with van der Waals surface area (Å²) in [7, 11) is 0. The Morgan fingerprint density at radius 2 is 1.90 bits per heavy atom. The molecule has 104 valence electrons. The number of benzene rings is 1. The molecule has 6 heteroatoms. The Morgan fingerprint density at radius 1 is 1.05 bits per heavy atom. The van der Waals surface area contributed by atoms with E-state index in [2.05, 4.69) is 25.3 Å². The Labute approximate surface area is 121 Å². The van der Waals surface area contributed by atoms with Gasteiger partial charge in [-0.1, -0.05) is 30.3 Å². The predicted octanol–water partition coefficient (Wildman–Crippen LogP) is 1.84. The molecule has 2 aromatic heterocycles. The third kappa shape index (κ3) is 3.30. The minimum atomic E-state index is -0.421. The number of nitrogens with zero attached hydrogens (tertiary/aromatic N) is 3. The molecule has 0 aliphatic heterocycles. The third-order valence-electron chi connectivity index (χ3n) is 2.94. The van der Waals surface area contributed by atoms with Crippen molar-refractivity contribution >= 4 is 5.82 Å². The molecule has 0 atom stereocenters. The van der Waals surface area contributed by atoms with E-state index in [9.17, 15) is 4.79 Å². The number of nitrogens with one attached hydrogen (secondary N) is 2. The zero-order valence-electron chi connectivity index (χ0n) is 11.2. The zero-order chi connectivity index (χ0) is 14.5. The number of pyridine rings is 1. The average Bonchev–Trinajstić information content (AvgIpc) is 2.54. The van der Waals surface area contributed by atoms with Crippen molar-refractivity contribution in [2.75, 3.05) is 5.32 Å². The Balaban J connectivity index is 1.79. The van der Waals surface area contributed by atoms with E-state index in [-0.39, 0.29) is 0 Å². The Bertz CT molecular complexity index is 785. The second kappa shape index (κ2) is 5.96. The molecule has 0 aliphatic rings. The molecule has 6 nitrogen and oxygen atoms in total. The second-order valence-corrected chi connectivity index (χ2v) is 4.42. The van der Waals surface area contributed by atoms with Crippen molar-refractivity contribution in [1.82, 2.24) is 19.9 Å². The van der Waals surface area contributed by atoms with E-state index >= 15 is 0 Å².